The van der Waals surface area contributed by atoms with E-state index in [1.807, 2.05) is 0 Å². The summed E-state index contributed by atoms with van der Waals surface area (Å²) >= 11 is 0. The largest absolute Gasteiger partial charge is 0.388 e. The Balaban J connectivity index is 2.06. The molecular formula is C16H15NO. The third-order valence-corrected chi connectivity index (χ3v) is 3.96. The second-order valence-electron chi connectivity index (χ2n) is 5.34. The molecule has 0 unspecified atom stereocenters. The summed E-state index contributed by atoms with van der Waals surface area (Å²) in [6, 6.07) is 16.9. The average Bonchev–Trinajstić information content (AvgIpc) is 3.06. The van der Waals surface area contributed by atoms with Crippen LogP contribution in [0.4, 0.5) is 0 Å². The van der Waals surface area contributed by atoms with Crippen molar-refractivity contribution >= 4 is 21.8 Å². The normalized spacial score (nSPS) is 17.4. The maximum atomic E-state index is 10.2. The Hall–Kier alpha value is -1.80. The highest BCUT2D eigenvalue weighted by atomic mass is 16.3. The summed E-state index contributed by atoms with van der Waals surface area (Å²) in [6.07, 6.45) is 1.85. The Morgan fingerprint density at radius 1 is 0.889 bits per heavy atom. The predicted octanol–water partition coefficient (Wildman–Crippen LogP) is 3.32. The molecule has 1 saturated carbocycles. The van der Waals surface area contributed by atoms with Crippen molar-refractivity contribution in [3.05, 3.63) is 48.5 Å². The van der Waals surface area contributed by atoms with Crippen molar-refractivity contribution in [3.8, 4) is 0 Å². The number of benzene rings is 2. The van der Waals surface area contributed by atoms with Gasteiger partial charge in [0.2, 0.25) is 0 Å². The van der Waals surface area contributed by atoms with Gasteiger partial charge in [-0.25, -0.2) is 0 Å². The number of hydrogen-bond donors (Lipinski definition) is 1. The van der Waals surface area contributed by atoms with Crippen molar-refractivity contribution in [3.63, 3.8) is 0 Å². The third kappa shape index (κ3) is 1.39. The molecule has 0 atom stereocenters. The van der Waals surface area contributed by atoms with Gasteiger partial charge in [-0.2, -0.15) is 0 Å². The number of para-hydroxylation sites is 2. The molecule has 2 aromatic carbocycles. The van der Waals surface area contributed by atoms with Crippen molar-refractivity contribution < 1.29 is 5.11 Å². The lowest BCUT2D eigenvalue weighted by molar-refractivity contribution is 0.132. The standard InChI is InChI=1S/C16H15NO/c18-16(9-10-16)11-17-14-7-3-1-5-12(14)13-6-2-4-8-15(13)17/h1-8,18H,9-11H2. The van der Waals surface area contributed by atoms with Gasteiger partial charge >= 0.3 is 0 Å². The smallest absolute Gasteiger partial charge is 0.0828 e. The van der Waals surface area contributed by atoms with Crippen LogP contribution >= 0.6 is 0 Å². The van der Waals surface area contributed by atoms with Crippen LogP contribution in [-0.2, 0) is 6.54 Å². The summed E-state index contributed by atoms with van der Waals surface area (Å²) in [7, 11) is 0. The summed E-state index contributed by atoms with van der Waals surface area (Å²) in [4.78, 5) is 0. The van der Waals surface area contributed by atoms with E-state index in [-0.39, 0.29) is 0 Å². The van der Waals surface area contributed by atoms with Crippen LogP contribution in [0.2, 0.25) is 0 Å². The fraction of sp³-hybridized carbons (Fsp3) is 0.250. The number of nitrogens with zero attached hydrogens (tertiary/aromatic N) is 1. The molecule has 0 spiro atoms. The first-order valence-electron chi connectivity index (χ1n) is 6.45. The van der Waals surface area contributed by atoms with Gasteiger partial charge in [-0.3, -0.25) is 0 Å². The van der Waals surface area contributed by atoms with Gasteiger partial charge in [-0.15, -0.1) is 0 Å². The van der Waals surface area contributed by atoms with Crippen molar-refractivity contribution in [2.24, 2.45) is 0 Å². The molecular weight excluding hydrogens is 222 g/mol. The van der Waals surface area contributed by atoms with Gasteiger partial charge in [-0.05, 0) is 25.0 Å². The first kappa shape index (κ1) is 10.2. The first-order chi connectivity index (χ1) is 8.77. The minimum absolute atomic E-state index is 0.468. The maximum Gasteiger partial charge on any atom is 0.0828 e. The van der Waals surface area contributed by atoms with Crippen molar-refractivity contribution in [1.82, 2.24) is 4.57 Å². The second kappa shape index (κ2) is 3.36. The highest BCUT2D eigenvalue weighted by Gasteiger charge is 2.41. The zero-order valence-corrected chi connectivity index (χ0v) is 10.1. The first-order valence-corrected chi connectivity index (χ1v) is 6.45. The number of aliphatic hydroxyl groups is 1. The minimum Gasteiger partial charge on any atom is -0.388 e. The quantitative estimate of drug-likeness (QED) is 0.726. The molecule has 1 heterocycles. The fourth-order valence-corrected chi connectivity index (χ4v) is 2.77. The van der Waals surface area contributed by atoms with Gasteiger partial charge in [-0.1, -0.05) is 36.4 Å². The van der Waals surface area contributed by atoms with E-state index in [0.29, 0.717) is 6.54 Å². The van der Waals surface area contributed by atoms with Crippen LogP contribution in [0.15, 0.2) is 48.5 Å². The zero-order chi connectivity index (χ0) is 12.2. The van der Waals surface area contributed by atoms with E-state index >= 15 is 0 Å². The Labute approximate surface area is 105 Å². The molecule has 0 aliphatic heterocycles. The molecule has 0 amide bonds. The average molecular weight is 237 g/mol. The van der Waals surface area contributed by atoms with Gasteiger partial charge in [0.1, 0.15) is 0 Å². The van der Waals surface area contributed by atoms with Crippen LogP contribution < -0.4 is 0 Å². The summed E-state index contributed by atoms with van der Waals surface area (Å²) in [5, 5.41) is 12.7. The Morgan fingerprint density at radius 2 is 1.39 bits per heavy atom. The van der Waals surface area contributed by atoms with Crippen molar-refractivity contribution in [2.75, 3.05) is 0 Å². The van der Waals surface area contributed by atoms with E-state index in [4.69, 9.17) is 0 Å². The molecule has 1 aliphatic carbocycles. The Morgan fingerprint density at radius 3 is 1.89 bits per heavy atom. The molecule has 1 aromatic heterocycles. The minimum atomic E-state index is -0.468. The van der Waals surface area contributed by atoms with Crippen LogP contribution in [-0.4, -0.2) is 15.3 Å². The van der Waals surface area contributed by atoms with E-state index in [1.54, 1.807) is 0 Å². The van der Waals surface area contributed by atoms with E-state index in [2.05, 4.69) is 53.1 Å². The highest BCUT2D eigenvalue weighted by Crippen LogP contribution is 2.39. The molecule has 0 radical (unpaired) electrons. The van der Waals surface area contributed by atoms with E-state index in [0.717, 1.165) is 12.8 Å². The Bertz CT molecular complexity index is 684. The highest BCUT2D eigenvalue weighted by molar-refractivity contribution is 6.07. The molecule has 3 aromatic rings. The van der Waals surface area contributed by atoms with Gasteiger partial charge < -0.3 is 9.67 Å². The van der Waals surface area contributed by atoms with Crippen molar-refractivity contribution in [2.45, 2.75) is 25.0 Å². The number of rotatable bonds is 2. The number of hydrogen-bond acceptors (Lipinski definition) is 1. The third-order valence-electron chi connectivity index (χ3n) is 3.96. The summed E-state index contributed by atoms with van der Waals surface area (Å²) in [6.45, 7) is 0.709. The second-order valence-corrected chi connectivity index (χ2v) is 5.34. The molecule has 90 valence electrons. The number of aromatic nitrogens is 1. The summed E-state index contributed by atoms with van der Waals surface area (Å²) < 4.78 is 2.26. The van der Waals surface area contributed by atoms with Crippen LogP contribution in [0.5, 0.6) is 0 Å². The molecule has 1 aliphatic rings. The van der Waals surface area contributed by atoms with Crippen LogP contribution in [0.1, 0.15) is 12.8 Å². The monoisotopic (exact) mass is 237 g/mol. The van der Waals surface area contributed by atoms with E-state index in [9.17, 15) is 5.11 Å². The zero-order valence-electron chi connectivity index (χ0n) is 10.1. The summed E-state index contributed by atoms with van der Waals surface area (Å²) in [5.41, 5.74) is 1.97. The molecule has 18 heavy (non-hydrogen) atoms. The van der Waals surface area contributed by atoms with Gasteiger partial charge in [0.05, 0.1) is 12.1 Å². The molecule has 4 rings (SSSR count). The SMILES string of the molecule is OC1(Cn2c3ccccc3c3ccccc32)CC1. The van der Waals surface area contributed by atoms with Crippen LogP contribution in [0, 0.1) is 0 Å². The maximum absolute atomic E-state index is 10.2. The van der Waals surface area contributed by atoms with E-state index in [1.165, 1.54) is 21.8 Å². The predicted molar refractivity (Wildman–Crippen MR) is 73.6 cm³/mol. The van der Waals surface area contributed by atoms with Gasteiger partial charge in [0.25, 0.3) is 0 Å². The van der Waals surface area contributed by atoms with Crippen molar-refractivity contribution in [1.29, 1.82) is 0 Å². The van der Waals surface area contributed by atoms with Gasteiger partial charge in [0, 0.05) is 21.8 Å². The molecule has 0 bridgehead atoms. The summed E-state index contributed by atoms with van der Waals surface area (Å²) in [5.74, 6) is 0. The molecule has 2 heteroatoms. The van der Waals surface area contributed by atoms with Gasteiger partial charge in [0.15, 0.2) is 0 Å². The van der Waals surface area contributed by atoms with E-state index < -0.39 is 5.60 Å². The molecule has 2 nitrogen and oxygen atoms in total. The molecule has 1 fully saturated rings. The number of fused-ring (bicyclic) bond motifs is 3. The van der Waals surface area contributed by atoms with Crippen LogP contribution in [0.3, 0.4) is 0 Å². The lowest BCUT2D eigenvalue weighted by Gasteiger charge is -2.11. The molecule has 0 saturated heterocycles. The Kier molecular flexibility index (Phi) is 1.90. The lowest BCUT2D eigenvalue weighted by atomic mass is 10.2. The topological polar surface area (TPSA) is 25.2 Å². The fourth-order valence-electron chi connectivity index (χ4n) is 2.77. The lowest BCUT2D eigenvalue weighted by Crippen LogP contribution is -2.16. The molecule has 1 N–H and O–H groups in total. The van der Waals surface area contributed by atoms with Crippen LogP contribution in [0.25, 0.3) is 21.8 Å².